The minimum Gasteiger partial charge on any atom is -0.494 e. The second-order valence-electron chi connectivity index (χ2n) is 5.88. The summed E-state index contributed by atoms with van der Waals surface area (Å²) in [6.07, 6.45) is 16.5. The summed E-state index contributed by atoms with van der Waals surface area (Å²) >= 11 is 0. The monoisotopic (exact) mass is 523 g/mol. The fraction of sp³-hybridized carbons (Fsp3) is 0. The van der Waals surface area contributed by atoms with Crippen LogP contribution in [0.15, 0.2) is 92.0 Å². The Morgan fingerprint density at radius 1 is 0.727 bits per heavy atom. The largest absolute Gasteiger partial charge is 2.00 e. The van der Waals surface area contributed by atoms with Crippen LogP contribution in [0.1, 0.15) is 5.56 Å². The van der Waals surface area contributed by atoms with Crippen LogP contribution in [-0.4, -0.2) is 36.2 Å². The first-order valence-electron chi connectivity index (χ1n) is 9.21. The quantitative estimate of drug-likeness (QED) is 0.234. The molecule has 3 aromatic heterocycles. The molecule has 1 aromatic carbocycles. The molecule has 0 amide bonds. The van der Waals surface area contributed by atoms with Crippen molar-refractivity contribution in [1.82, 2.24) is 29.1 Å². The van der Waals surface area contributed by atoms with Crippen LogP contribution in [0.4, 0.5) is 0 Å². The maximum Gasteiger partial charge on any atom is 2.00 e. The average molecular weight is 521 g/mol. The molecule has 0 saturated heterocycles. The Bertz CT molecular complexity index is 978. The van der Waals surface area contributed by atoms with E-state index in [1.807, 2.05) is 67.8 Å². The third-order valence-corrected chi connectivity index (χ3v) is 4.02. The zero-order valence-corrected chi connectivity index (χ0v) is 19.3. The van der Waals surface area contributed by atoms with Gasteiger partial charge in [-0.2, -0.15) is 0 Å². The van der Waals surface area contributed by atoms with Crippen LogP contribution >= 0.6 is 0 Å². The Hall–Kier alpha value is -3.38. The Balaban J connectivity index is 0.000000287. The van der Waals surface area contributed by atoms with Crippen molar-refractivity contribution in [2.75, 3.05) is 0 Å². The molecule has 11 heteroatoms. The summed E-state index contributed by atoms with van der Waals surface area (Å²) in [4.78, 5) is 0. The standard InChI is InChI=1S/C11H9O.C9H9BN6.2CO.Mo/c1-2-5-10(6-3-1)11-7-4-8-12-9-11;1-4-11-14(7-1)10(15-8-2-5-12-15)16-9-3-6-13-16;2*1-2;/h1-9H;1-9H;;;/q;-1;;;+2. The first-order valence-corrected chi connectivity index (χ1v) is 9.21. The van der Waals surface area contributed by atoms with Crippen LogP contribution in [0.3, 0.4) is 0 Å². The second kappa shape index (κ2) is 16.3. The van der Waals surface area contributed by atoms with E-state index in [4.69, 9.17) is 14.0 Å². The molecular formula is C22H18BMoN6O3+. The van der Waals surface area contributed by atoms with Gasteiger partial charge in [0.25, 0.3) is 7.12 Å². The van der Waals surface area contributed by atoms with E-state index in [1.165, 1.54) is 5.56 Å². The first kappa shape index (κ1) is 27.7. The number of aromatic nitrogens is 6. The number of allylic oxidation sites excluding steroid dienone is 1. The van der Waals surface area contributed by atoms with Gasteiger partial charge in [0.1, 0.15) is 6.61 Å². The third-order valence-electron chi connectivity index (χ3n) is 4.02. The van der Waals surface area contributed by atoms with Crippen LogP contribution < -0.4 is 0 Å². The molecule has 9 nitrogen and oxygen atoms in total. The van der Waals surface area contributed by atoms with Gasteiger partial charge in [-0.25, -0.2) is 15.3 Å². The fourth-order valence-electron chi connectivity index (χ4n) is 2.75. The summed E-state index contributed by atoms with van der Waals surface area (Å²) in [5.41, 5.74) is 2.29. The maximum absolute atomic E-state index is 7.50. The van der Waals surface area contributed by atoms with E-state index < -0.39 is 0 Å². The molecule has 4 radical (unpaired) electrons. The van der Waals surface area contributed by atoms with E-state index in [9.17, 15) is 0 Å². The molecule has 1 aliphatic heterocycles. The summed E-state index contributed by atoms with van der Waals surface area (Å²) in [6.45, 7) is 10.7. The summed E-state index contributed by atoms with van der Waals surface area (Å²) in [6, 6.07) is 15.8. The Morgan fingerprint density at radius 3 is 1.58 bits per heavy atom. The Morgan fingerprint density at radius 2 is 1.21 bits per heavy atom. The van der Waals surface area contributed by atoms with E-state index in [0.717, 1.165) is 5.57 Å². The van der Waals surface area contributed by atoms with Gasteiger partial charge in [0.2, 0.25) is 0 Å². The van der Waals surface area contributed by atoms with Gasteiger partial charge in [-0.1, -0.05) is 30.3 Å². The molecule has 0 saturated carbocycles. The molecule has 0 aliphatic carbocycles. The molecule has 0 atom stereocenters. The van der Waals surface area contributed by atoms with Crippen molar-refractivity contribution in [2.45, 2.75) is 0 Å². The van der Waals surface area contributed by atoms with Gasteiger partial charge >= 0.3 is 43.7 Å². The van der Waals surface area contributed by atoms with E-state index in [0.29, 0.717) is 0 Å². The molecular weight excluding hydrogens is 503 g/mol. The smallest absolute Gasteiger partial charge is 0.494 e. The van der Waals surface area contributed by atoms with Crippen molar-refractivity contribution >= 4 is 12.7 Å². The minimum atomic E-state index is -0.194. The second-order valence-corrected chi connectivity index (χ2v) is 5.88. The number of benzene rings is 1. The summed E-state index contributed by atoms with van der Waals surface area (Å²) in [5, 5.41) is 12.7. The van der Waals surface area contributed by atoms with Gasteiger partial charge in [0.05, 0.1) is 6.26 Å². The number of nitrogens with zero attached hydrogens (tertiary/aromatic N) is 6. The van der Waals surface area contributed by atoms with Crippen molar-refractivity contribution in [3.63, 3.8) is 0 Å². The zero-order chi connectivity index (χ0) is 23.0. The maximum atomic E-state index is 7.50. The zero-order valence-electron chi connectivity index (χ0n) is 17.3. The van der Waals surface area contributed by atoms with Crippen molar-refractivity contribution in [3.05, 3.63) is 130 Å². The van der Waals surface area contributed by atoms with E-state index in [1.54, 1.807) is 45.2 Å². The third kappa shape index (κ3) is 8.24. The van der Waals surface area contributed by atoms with E-state index in [-0.39, 0.29) is 28.2 Å². The molecule has 4 heterocycles. The topological polar surface area (TPSA) is 102 Å². The van der Waals surface area contributed by atoms with Crippen LogP contribution in [0.25, 0.3) is 5.57 Å². The number of ether oxygens (including phenoxy) is 1. The molecule has 162 valence electrons. The van der Waals surface area contributed by atoms with Gasteiger partial charge in [-0.3, -0.25) is 0 Å². The number of hydrogen-bond acceptors (Lipinski definition) is 4. The molecule has 0 spiro atoms. The molecule has 1 aliphatic rings. The van der Waals surface area contributed by atoms with E-state index in [2.05, 4.69) is 40.7 Å². The summed E-state index contributed by atoms with van der Waals surface area (Å²) in [5.74, 6) is 0. The van der Waals surface area contributed by atoms with Gasteiger partial charge in [0.15, 0.2) is 0 Å². The average Bonchev–Trinajstić information content (AvgIpc) is 3.69. The molecule has 0 fully saturated rings. The van der Waals surface area contributed by atoms with Gasteiger partial charge in [-0.15, -0.1) is 0 Å². The summed E-state index contributed by atoms with van der Waals surface area (Å²) in [7, 11) is -0.194. The normalized spacial score (nSPS) is 11.5. The molecule has 0 bridgehead atoms. The van der Waals surface area contributed by atoms with Gasteiger partial charge < -0.3 is 18.5 Å². The molecule has 5 rings (SSSR count). The molecule has 0 unspecified atom stereocenters. The van der Waals surface area contributed by atoms with Crippen LogP contribution in [0.5, 0.6) is 0 Å². The number of rotatable bonds is 4. The van der Waals surface area contributed by atoms with E-state index >= 15 is 0 Å². The van der Waals surface area contributed by atoms with Crippen LogP contribution in [0, 0.1) is 32.7 Å². The van der Waals surface area contributed by atoms with Gasteiger partial charge in [-0.05, 0) is 47.9 Å². The van der Waals surface area contributed by atoms with Gasteiger partial charge in [0, 0.05) is 31.4 Å². The first-order chi connectivity index (χ1) is 15.9. The van der Waals surface area contributed by atoms with Crippen LogP contribution in [-0.2, 0) is 35.1 Å². The molecule has 0 N–H and O–H groups in total. The molecule has 33 heavy (non-hydrogen) atoms. The van der Waals surface area contributed by atoms with Crippen molar-refractivity contribution in [1.29, 1.82) is 0 Å². The number of hydrogen-bond donors (Lipinski definition) is 0. The predicted molar refractivity (Wildman–Crippen MR) is 115 cm³/mol. The predicted octanol–water partition coefficient (Wildman–Crippen LogP) is 2.76. The Labute approximate surface area is 206 Å². The Kier molecular flexibility index (Phi) is 13.6. The van der Waals surface area contributed by atoms with Crippen molar-refractivity contribution in [2.24, 2.45) is 0 Å². The van der Waals surface area contributed by atoms with Crippen molar-refractivity contribution < 1.29 is 35.1 Å². The summed E-state index contributed by atoms with van der Waals surface area (Å²) < 4.78 is 25.4. The van der Waals surface area contributed by atoms with Crippen LogP contribution in [0.2, 0.25) is 0 Å². The minimum absolute atomic E-state index is 0. The fourth-order valence-corrected chi connectivity index (χ4v) is 2.75. The SMILES string of the molecule is [C-]#[O+].[C-]#[O+].[CH]1[CH]OC=C(c2ccccc2)[CH]1.[Mo+2].c1cnn([B-](n2cccn2)n2cccn2)c1. The molecule has 4 aromatic rings. The van der Waals surface area contributed by atoms with Crippen molar-refractivity contribution in [3.8, 4) is 0 Å².